The lowest BCUT2D eigenvalue weighted by Gasteiger charge is -2.08. The van der Waals surface area contributed by atoms with Crippen LogP contribution in [0.3, 0.4) is 0 Å². The number of ether oxygens (including phenoxy) is 1. The van der Waals surface area contributed by atoms with E-state index in [0.717, 1.165) is 0 Å². The first-order valence-corrected chi connectivity index (χ1v) is 7.69. The Balaban J connectivity index is 2.40. The van der Waals surface area contributed by atoms with Gasteiger partial charge in [0, 0.05) is 5.56 Å². The van der Waals surface area contributed by atoms with Gasteiger partial charge in [-0.05, 0) is 25.1 Å². The third-order valence-electron chi connectivity index (χ3n) is 2.98. The highest BCUT2D eigenvalue weighted by Gasteiger charge is 2.23. The summed E-state index contributed by atoms with van der Waals surface area (Å²) in [7, 11) is -2.28. The number of carbonyl (C=O) groups is 1. The first-order chi connectivity index (χ1) is 9.85. The summed E-state index contributed by atoms with van der Waals surface area (Å²) in [5, 5.41) is 8.86. The SMILES string of the molecule is COc1ccccc1S(=O)(=O)Cc1cc(C(=O)O)oc1C. The summed E-state index contributed by atoms with van der Waals surface area (Å²) in [4.78, 5) is 10.9. The molecule has 0 atom stereocenters. The molecule has 0 amide bonds. The zero-order valence-electron chi connectivity index (χ0n) is 11.5. The van der Waals surface area contributed by atoms with E-state index >= 15 is 0 Å². The lowest BCUT2D eigenvalue weighted by Crippen LogP contribution is -2.07. The van der Waals surface area contributed by atoms with Gasteiger partial charge < -0.3 is 14.3 Å². The van der Waals surface area contributed by atoms with Crippen LogP contribution in [0, 0.1) is 6.92 Å². The number of rotatable bonds is 5. The first-order valence-electron chi connectivity index (χ1n) is 6.03. The number of furan rings is 1. The molecule has 0 radical (unpaired) electrons. The van der Waals surface area contributed by atoms with Crippen LogP contribution < -0.4 is 4.74 Å². The number of carboxylic acids is 1. The number of aryl methyl sites for hydroxylation is 1. The highest BCUT2D eigenvalue weighted by Crippen LogP contribution is 2.28. The number of hydrogen-bond donors (Lipinski definition) is 1. The highest BCUT2D eigenvalue weighted by atomic mass is 32.2. The van der Waals surface area contributed by atoms with Crippen LogP contribution >= 0.6 is 0 Å². The molecule has 0 saturated heterocycles. The summed E-state index contributed by atoms with van der Waals surface area (Å²) >= 11 is 0. The molecule has 112 valence electrons. The van der Waals surface area contributed by atoms with Crippen molar-refractivity contribution in [1.82, 2.24) is 0 Å². The molecule has 0 spiro atoms. The van der Waals surface area contributed by atoms with Gasteiger partial charge >= 0.3 is 5.97 Å². The lowest BCUT2D eigenvalue weighted by atomic mass is 10.3. The molecular formula is C14H14O6S. The van der Waals surface area contributed by atoms with Crippen LogP contribution in [-0.2, 0) is 15.6 Å². The van der Waals surface area contributed by atoms with E-state index < -0.39 is 15.8 Å². The quantitative estimate of drug-likeness (QED) is 0.910. The second kappa shape index (κ2) is 5.61. The van der Waals surface area contributed by atoms with Crippen LogP contribution in [0.1, 0.15) is 21.9 Å². The van der Waals surface area contributed by atoms with Gasteiger partial charge in [0.1, 0.15) is 16.4 Å². The molecule has 0 unspecified atom stereocenters. The smallest absolute Gasteiger partial charge is 0.371 e. The van der Waals surface area contributed by atoms with E-state index in [2.05, 4.69) is 0 Å². The van der Waals surface area contributed by atoms with Crippen LogP contribution in [0.4, 0.5) is 0 Å². The molecule has 0 aliphatic rings. The fraction of sp³-hybridized carbons (Fsp3) is 0.214. The number of methoxy groups -OCH3 is 1. The Labute approximate surface area is 121 Å². The monoisotopic (exact) mass is 310 g/mol. The largest absolute Gasteiger partial charge is 0.495 e. The zero-order valence-corrected chi connectivity index (χ0v) is 12.3. The molecule has 0 aliphatic carbocycles. The molecule has 6 nitrogen and oxygen atoms in total. The maximum Gasteiger partial charge on any atom is 0.371 e. The summed E-state index contributed by atoms with van der Waals surface area (Å²) < 4.78 is 35.0. The van der Waals surface area contributed by atoms with Crippen molar-refractivity contribution in [2.45, 2.75) is 17.6 Å². The number of sulfone groups is 1. The number of carboxylic acid groups (broad SMARTS) is 1. The third kappa shape index (κ3) is 3.08. The van der Waals surface area contributed by atoms with Gasteiger partial charge in [-0.15, -0.1) is 0 Å². The minimum Gasteiger partial charge on any atom is -0.495 e. The number of para-hydroxylation sites is 1. The molecule has 21 heavy (non-hydrogen) atoms. The average Bonchev–Trinajstić information content (AvgIpc) is 2.80. The van der Waals surface area contributed by atoms with Gasteiger partial charge in [-0.2, -0.15) is 0 Å². The van der Waals surface area contributed by atoms with Crippen molar-refractivity contribution >= 4 is 15.8 Å². The lowest BCUT2D eigenvalue weighted by molar-refractivity contribution is 0.0661. The fourth-order valence-corrected chi connectivity index (χ4v) is 3.52. The van der Waals surface area contributed by atoms with E-state index in [4.69, 9.17) is 14.3 Å². The Kier molecular flexibility index (Phi) is 4.04. The maximum atomic E-state index is 12.4. The topological polar surface area (TPSA) is 93.8 Å². The predicted octanol–water partition coefficient (Wildman–Crippen LogP) is 2.27. The van der Waals surface area contributed by atoms with Crippen LogP contribution in [-0.4, -0.2) is 26.6 Å². The van der Waals surface area contributed by atoms with Gasteiger partial charge in [-0.25, -0.2) is 13.2 Å². The molecule has 2 aromatic rings. The second-order valence-electron chi connectivity index (χ2n) is 4.41. The Bertz CT molecular complexity index is 773. The molecule has 7 heteroatoms. The van der Waals surface area contributed by atoms with Crippen molar-refractivity contribution in [3.8, 4) is 5.75 Å². The molecule has 0 saturated carbocycles. The molecule has 0 aliphatic heterocycles. The predicted molar refractivity (Wildman–Crippen MR) is 74.3 cm³/mol. The van der Waals surface area contributed by atoms with Crippen molar-refractivity contribution in [3.63, 3.8) is 0 Å². The van der Waals surface area contributed by atoms with E-state index in [0.29, 0.717) is 5.56 Å². The Morgan fingerprint density at radius 1 is 1.33 bits per heavy atom. The van der Waals surface area contributed by atoms with Crippen molar-refractivity contribution in [2.75, 3.05) is 7.11 Å². The fourth-order valence-electron chi connectivity index (χ4n) is 1.93. The first kappa shape index (κ1) is 15.1. The van der Waals surface area contributed by atoms with Gasteiger partial charge in [0.25, 0.3) is 0 Å². The zero-order chi connectivity index (χ0) is 15.6. The van der Waals surface area contributed by atoms with E-state index in [-0.39, 0.29) is 27.9 Å². The Morgan fingerprint density at radius 2 is 2.00 bits per heavy atom. The minimum atomic E-state index is -3.67. The molecule has 2 rings (SSSR count). The van der Waals surface area contributed by atoms with Crippen LogP contribution in [0.5, 0.6) is 5.75 Å². The second-order valence-corrected chi connectivity index (χ2v) is 6.37. The van der Waals surface area contributed by atoms with E-state index in [1.54, 1.807) is 18.2 Å². The summed E-state index contributed by atoms with van der Waals surface area (Å²) in [6, 6.07) is 7.49. The summed E-state index contributed by atoms with van der Waals surface area (Å²) in [6.45, 7) is 1.53. The van der Waals surface area contributed by atoms with Gasteiger partial charge in [0.05, 0.1) is 12.9 Å². The summed E-state index contributed by atoms with van der Waals surface area (Å²) in [5.74, 6) is -1.35. The number of hydrogen-bond acceptors (Lipinski definition) is 5. The summed E-state index contributed by atoms with van der Waals surface area (Å²) in [6.07, 6.45) is 0. The standard InChI is InChI=1S/C14H14O6S/c1-9-10(7-12(20-9)14(15)16)8-21(17,18)13-6-4-3-5-11(13)19-2/h3-7H,8H2,1-2H3,(H,15,16). The highest BCUT2D eigenvalue weighted by molar-refractivity contribution is 7.90. The number of benzene rings is 1. The van der Waals surface area contributed by atoms with E-state index in [1.807, 2.05) is 0 Å². The Morgan fingerprint density at radius 3 is 2.57 bits per heavy atom. The summed E-state index contributed by atoms with van der Waals surface area (Å²) in [5.41, 5.74) is 0.318. The van der Waals surface area contributed by atoms with Crippen molar-refractivity contribution in [3.05, 3.63) is 47.4 Å². The molecular weight excluding hydrogens is 296 g/mol. The van der Waals surface area contributed by atoms with Crippen LogP contribution in [0.15, 0.2) is 39.6 Å². The maximum absolute atomic E-state index is 12.4. The molecule has 1 aromatic carbocycles. The van der Waals surface area contributed by atoms with Crippen molar-refractivity contribution < 1.29 is 27.5 Å². The van der Waals surface area contributed by atoms with Gasteiger partial charge in [0.2, 0.25) is 5.76 Å². The molecule has 0 fully saturated rings. The molecule has 1 N–H and O–H groups in total. The normalized spacial score (nSPS) is 11.3. The molecule has 1 heterocycles. The number of aromatic carboxylic acids is 1. The third-order valence-corrected chi connectivity index (χ3v) is 4.68. The minimum absolute atomic E-state index is 0.0602. The van der Waals surface area contributed by atoms with Crippen molar-refractivity contribution in [2.24, 2.45) is 0 Å². The Hall–Kier alpha value is -2.28. The average molecular weight is 310 g/mol. The molecule has 1 aromatic heterocycles. The van der Waals surface area contributed by atoms with Crippen LogP contribution in [0.2, 0.25) is 0 Å². The van der Waals surface area contributed by atoms with E-state index in [1.165, 1.54) is 26.2 Å². The molecule has 0 bridgehead atoms. The van der Waals surface area contributed by atoms with Gasteiger partial charge in [0.15, 0.2) is 9.84 Å². The van der Waals surface area contributed by atoms with Gasteiger partial charge in [-0.3, -0.25) is 0 Å². The van der Waals surface area contributed by atoms with E-state index in [9.17, 15) is 13.2 Å². The van der Waals surface area contributed by atoms with Crippen LogP contribution in [0.25, 0.3) is 0 Å². The van der Waals surface area contributed by atoms with Gasteiger partial charge in [-0.1, -0.05) is 12.1 Å². The van der Waals surface area contributed by atoms with Crippen molar-refractivity contribution in [1.29, 1.82) is 0 Å².